The molecule has 1 N–H and O–H groups in total. The summed E-state index contributed by atoms with van der Waals surface area (Å²) >= 11 is 0. The van der Waals surface area contributed by atoms with Crippen LogP contribution in [0.1, 0.15) is 70.0 Å². The Balaban J connectivity index is 1.80. The van der Waals surface area contributed by atoms with Crippen LogP contribution in [0.4, 0.5) is 4.39 Å². The SMILES string of the molecule is CCCC1CCCC2(CC1)C[C@@H](O)c1ccc(F)cc1O2. The van der Waals surface area contributed by atoms with Gasteiger partial charge in [0.25, 0.3) is 0 Å². The van der Waals surface area contributed by atoms with Gasteiger partial charge in [0.1, 0.15) is 17.2 Å². The maximum absolute atomic E-state index is 13.5. The zero-order valence-electron chi connectivity index (χ0n) is 12.8. The molecule has 1 heterocycles. The molecule has 1 fully saturated rings. The van der Waals surface area contributed by atoms with Crippen molar-refractivity contribution in [2.45, 2.75) is 70.0 Å². The predicted octanol–water partition coefficient (Wildman–Crippen LogP) is 4.76. The number of benzene rings is 1. The van der Waals surface area contributed by atoms with Gasteiger partial charge in [-0.05, 0) is 43.7 Å². The van der Waals surface area contributed by atoms with Crippen LogP contribution >= 0.6 is 0 Å². The second-order valence-electron chi connectivity index (χ2n) is 6.77. The lowest BCUT2D eigenvalue weighted by molar-refractivity contribution is -0.0254. The fraction of sp³-hybridized carbons (Fsp3) is 0.667. The number of hydrogen-bond acceptors (Lipinski definition) is 2. The molecular weight excluding hydrogens is 267 g/mol. The van der Waals surface area contributed by atoms with Crippen LogP contribution in [0.3, 0.4) is 0 Å². The summed E-state index contributed by atoms with van der Waals surface area (Å²) in [5.74, 6) is 1.03. The van der Waals surface area contributed by atoms with E-state index in [9.17, 15) is 9.50 Å². The minimum Gasteiger partial charge on any atom is -0.487 e. The third-order valence-electron chi connectivity index (χ3n) is 5.18. The molecule has 0 bridgehead atoms. The van der Waals surface area contributed by atoms with Crippen LogP contribution in [-0.4, -0.2) is 10.7 Å². The number of aliphatic hydroxyl groups is 1. The zero-order valence-corrected chi connectivity index (χ0v) is 12.8. The lowest BCUT2D eigenvalue weighted by Crippen LogP contribution is -2.40. The number of halogens is 1. The average Bonchev–Trinajstić information content (AvgIpc) is 2.62. The second-order valence-corrected chi connectivity index (χ2v) is 6.77. The lowest BCUT2D eigenvalue weighted by Gasteiger charge is -2.40. The summed E-state index contributed by atoms with van der Waals surface area (Å²) in [5, 5.41) is 10.4. The van der Waals surface area contributed by atoms with Crippen molar-refractivity contribution >= 4 is 0 Å². The highest BCUT2D eigenvalue weighted by molar-refractivity contribution is 5.38. The van der Waals surface area contributed by atoms with E-state index in [0.29, 0.717) is 12.2 Å². The number of ether oxygens (including phenoxy) is 1. The minimum absolute atomic E-state index is 0.289. The number of aliphatic hydroxyl groups excluding tert-OH is 1. The summed E-state index contributed by atoms with van der Waals surface area (Å²) in [6.45, 7) is 2.24. The molecule has 0 radical (unpaired) electrons. The highest BCUT2D eigenvalue weighted by Gasteiger charge is 2.41. The van der Waals surface area contributed by atoms with Gasteiger partial charge in [-0.2, -0.15) is 0 Å². The Hall–Kier alpha value is -1.09. The van der Waals surface area contributed by atoms with Crippen molar-refractivity contribution in [2.75, 3.05) is 0 Å². The second kappa shape index (κ2) is 5.96. The molecule has 3 heteroatoms. The van der Waals surface area contributed by atoms with Crippen molar-refractivity contribution in [2.24, 2.45) is 5.92 Å². The van der Waals surface area contributed by atoms with E-state index >= 15 is 0 Å². The van der Waals surface area contributed by atoms with Crippen molar-refractivity contribution in [3.8, 4) is 5.75 Å². The van der Waals surface area contributed by atoms with Crippen LogP contribution in [0.5, 0.6) is 5.75 Å². The van der Waals surface area contributed by atoms with Gasteiger partial charge in [0.2, 0.25) is 0 Å². The van der Waals surface area contributed by atoms with Crippen LogP contribution in [0, 0.1) is 11.7 Å². The summed E-state index contributed by atoms with van der Waals surface area (Å²) in [5.41, 5.74) is 0.444. The Kier molecular flexibility index (Phi) is 4.21. The molecule has 1 aliphatic heterocycles. The molecule has 21 heavy (non-hydrogen) atoms. The Morgan fingerprint density at radius 1 is 1.33 bits per heavy atom. The quantitative estimate of drug-likeness (QED) is 0.851. The molecular formula is C18H25FO2. The van der Waals surface area contributed by atoms with Crippen LogP contribution in [0.15, 0.2) is 18.2 Å². The van der Waals surface area contributed by atoms with E-state index in [4.69, 9.17) is 4.74 Å². The first-order valence-electron chi connectivity index (χ1n) is 8.28. The summed E-state index contributed by atoms with van der Waals surface area (Å²) in [4.78, 5) is 0. The Morgan fingerprint density at radius 3 is 3.00 bits per heavy atom. The molecule has 0 aromatic heterocycles. The first-order chi connectivity index (χ1) is 10.1. The van der Waals surface area contributed by atoms with Gasteiger partial charge in [0.15, 0.2) is 0 Å². The van der Waals surface area contributed by atoms with Crippen LogP contribution in [0.25, 0.3) is 0 Å². The van der Waals surface area contributed by atoms with E-state index < -0.39 is 6.10 Å². The van der Waals surface area contributed by atoms with Gasteiger partial charge in [0, 0.05) is 18.1 Å². The fourth-order valence-electron chi connectivity index (χ4n) is 4.06. The van der Waals surface area contributed by atoms with Gasteiger partial charge in [0.05, 0.1) is 6.10 Å². The molecule has 2 aliphatic rings. The molecule has 1 saturated carbocycles. The topological polar surface area (TPSA) is 29.5 Å². The highest BCUT2D eigenvalue weighted by atomic mass is 19.1. The number of hydrogen-bond donors (Lipinski definition) is 1. The molecule has 3 atom stereocenters. The summed E-state index contributed by atoms with van der Waals surface area (Å²) < 4.78 is 19.7. The standard InChI is InChI=1S/C18H25FO2/c1-2-4-13-5-3-9-18(10-8-13)12-16(20)15-7-6-14(19)11-17(15)21-18/h6-7,11,13,16,20H,2-5,8-10,12H2,1H3/t13?,16-,18?/m1/s1. The normalized spacial score (nSPS) is 32.3. The molecule has 3 rings (SSSR count). The van der Waals surface area contributed by atoms with E-state index in [0.717, 1.165) is 37.2 Å². The first-order valence-corrected chi connectivity index (χ1v) is 8.28. The maximum Gasteiger partial charge on any atom is 0.128 e. The number of fused-ring (bicyclic) bond motifs is 1. The van der Waals surface area contributed by atoms with Gasteiger partial charge in [-0.25, -0.2) is 4.39 Å². The first kappa shape index (κ1) is 14.8. The van der Waals surface area contributed by atoms with Crippen molar-refractivity contribution in [1.82, 2.24) is 0 Å². The van der Waals surface area contributed by atoms with E-state index in [1.54, 1.807) is 6.07 Å². The molecule has 1 aliphatic carbocycles. The third kappa shape index (κ3) is 3.08. The molecule has 0 saturated heterocycles. The molecule has 2 nitrogen and oxygen atoms in total. The molecule has 1 aromatic carbocycles. The zero-order chi connectivity index (χ0) is 14.9. The fourth-order valence-corrected chi connectivity index (χ4v) is 4.06. The van der Waals surface area contributed by atoms with E-state index in [2.05, 4.69) is 6.92 Å². The van der Waals surface area contributed by atoms with Crippen molar-refractivity contribution in [3.63, 3.8) is 0 Å². The van der Waals surface area contributed by atoms with Crippen LogP contribution in [-0.2, 0) is 0 Å². The minimum atomic E-state index is -0.530. The molecule has 0 amide bonds. The predicted molar refractivity (Wildman–Crippen MR) is 80.8 cm³/mol. The lowest BCUT2D eigenvalue weighted by atomic mass is 9.83. The highest BCUT2D eigenvalue weighted by Crippen LogP contribution is 2.46. The van der Waals surface area contributed by atoms with Gasteiger partial charge < -0.3 is 9.84 Å². The molecule has 1 aromatic rings. The monoisotopic (exact) mass is 292 g/mol. The van der Waals surface area contributed by atoms with Gasteiger partial charge in [-0.1, -0.05) is 26.2 Å². The largest absolute Gasteiger partial charge is 0.487 e. The van der Waals surface area contributed by atoms with Crippen LogP contribution in [0.2, 0.25) is 0 Å². The van der Waals surface area contributed by atoms with E-state index in [1.807, 2.05) is 0 Å². The molecule has 2 unspecified atom stereocenters. The maximum atomic E-state index is 13.5. The molecule has 1 spiro atoms. The summed E-state index contributed by atoms with van der Waals surface area (Å²) in [7, 11) is 0. The molecule has 116 valence electrons. The van der Waals surface area contributed by atoms with E-state index in [1.165, 1.54) is 31.4 Å². The Labute approximate surface area is 126 Å². The van der Waals surface area contributed by atoms with Gasteiger partial charge in [-0.3, -0.25) is 0 Å². The summed E-state index contributed by atoms with van der Waals surface area (Å²) in [6.07, 6.45) is 8.13. The van der Waals surface area contributed by atoms with Crippen molar-refractivity contribution < 1.29 is 14.2 Å². The van der Waals surface area contributed by atoms with Crippen molar-refractivity contribution in [1.29, 1.82) is 0 Å². The van der Waals surface area contributed by atoms with Gasteiger partial charge >= 0.3 is 0 Å². The summed E-state index contributed by atoms with van der Waals surface area (Å²) in [6, 6.07) is 4.47. The smallest absolute Gasteiger partial charge is 0.128 e. The van der Waals surface area contributed by atoms with E-state index in [-0.39, 0.29) is 11.4 Å². The third-order valence-corrected chi connectivity index (χ3v) is 5.18. The van der Waals surface area contributed by atoms with Gasteiger partial charge in [-0.15, -0.1) is 0 Å². The Bertz CT molecular complexity index is 502. The van der Waals surface area contributed by atoms with Crippen LogP contribution < -0.4 is 4.74 Å². The average molecular weight is 292 g/mol. The Morgan fingerprint density at radius 2 is 2.19 bits per heavy atom. The number of rotatable bonds is 2. The van der Waals surface area contributed by atoms with Crippen molar-refractivity contribution in [3.05, 3.63) is 29.6 Å².